The molecule has 2 N–H and O–H groups in total. The molecule has 0 spiro atoms. The van der Waals surface area contributed by atoms with Crippen LogP contribution in [0, 0.1) is 0 Å². The molecule has 1 saturated heterocycles. The molecular formula is C22H24F6N4O5. The first-order valence-corrected chi connectivity index (χ1v) is 10.9. The Labute approximate surface area is 207 Å². The summed E-state index contributed by atoms with van der Waals surface area (Å²) in [6, 6.07) is 4.15. The Hall–Kier alpha value is -3.33. The number of nitrogens with zero attached hydrogens (tertiary/aromatic N) is 4. The Balaban J connectivity index is 0.000000286. The number of hydrogen-bond donors (Lipinski definition) is 2. The number of alkyl halides is 6. The molecule has 4 rings (SSSR count). The van der Waals surface area contributed by atoms with Gasteiger partial charge in [0.1, 0.15) is 6.33 Å². The summed E-state index contributed by atoms with van der Waals surface area (Å²) >= 11 is 0. The van der Waals surface area contributed by atoms with E-state index in [4.69, 9.17) is 24.5 Å². The van der Waals surface area contributed by atoms with Gasteiger partial charge in [-0.15, -0.1) is 0 Å². The first-order chi connectivity index (χ1) is 17.3. The van der Waals surface area contributed by atoms with Gasteiger partial charge in [0.05, 0.1) is 12.3 Å². The van der Waals surface area contributed by atoms with Crippen LogP contribution in [0.4, 0.5) is 26.3 Å². The fourth-order valence-corrected chi connectivity index (χ4v) is 3.61. The maximum absolute atomic E-state index is 10.6. The van der Waals surface area contributed by atoms with Crippen molar-refractivity contribution >= 4 is 11.9 Å². The van der Waals surface area contributed by atoms with E-state index >= 15 is 0 Å². The second-order valence-electron chi connectivity index (χ2n) is 7.99. The molecule has 0 radical (unpaired) electrons. The predicted octanol–water partition coefficient (Wildman–Crippen LogP) is 3.24. The lowest BCUT2D eigenvalue weighted by Crippen LogP contribution is -2.26. The SMILES string of the molecule is O=C(O)C(F)(F)F.O=C(O)C(F)(F)F.c1cncc(CN2CCc3ncnc(C4CCOC4)c3CC2)c1. The Morgan fingerprint density at radius 2 is 1.65 bits per heavy atom. The molecule has 2 aliphatic heterocycles. The molecule has 1 fully saturated rings. The number of rotatable bonds is 3. The largest absolute Gasteiger partial charge is 0.490 e. The number of hydrogen-bond acceptors (Lipinski definition) is 7. The molecule has 2 aromatic rings. The van der Waals surface area contributed by atoms with Crippen molar-refractivity contribution in [3.05, 3.63) is 53.4 Å². The van der Waals surface area contributed by atoms with Crippen molar-refractivity contribution in [1.29, 1.82) is 0 Å². The summed E-state index contributed by atoms with van der Waals surface area (Å²) in [7, 11) is 0. The monoisotopic (exact) mass is 538 g/mol. The number of carboxylic acid groups (broad SMARTS) is 2. The standard InChI is InChI=1S/C18H22N4O.2C2HF3O2/c1-2-14(10-19-6-1)11-22-7-3-16-17(4-8-22)20-13-21-18(16)15-5-9-23-12-15;2*3-2(4,5)1(6)7/h1-2,6,10,13,15H,3-5,7-9,11-12H2;2*(H,6,7). The van der Waals surface area contributed by atoms with Crippen LogP contribution in [0.15, 0.2) is 30.9 Å². The summed E-state index contributed by atoms with van der Waals surface area (Å²) in [4.78, 5) is 33.7. The normalized spacial score (nSPS) is 17.8. The van der Waals surface area contributed by atoms with Crippen LogP contribution in [0.5, 0.6) is 0 Å². The van der Waals surface area contributed by atoms with Crippen molar-refractivity contribution in [3.8, 4) is 0 Å². The number of carbonyl (C=O) groups is 2. The molecular weight excluding hydrogens is 514 g/mol. The first kappa shape index (κ1) is 29.9. The van der Waals surface area contributed by atoms with Crippen molar-refractivity contribution in [2.45, 2.75) is 44.1 Å². The van der Waals surface area contributed by atoms with E-state index in [9.17, 15) is 26.3 Å². The van der Waals surface area contributed by atoms with Gasteiger partial charge in [-0.05, 0) is 30.0 Å². The molecule has 204 valence electrons. The molecule has 15 heteroatoms. The molecule has 37 heavy (non-hydrogen) atoms. The van der Waals surface area contributed by atoms with Gasteiger partial charge in [-0.3, -0.25) is 9.88 Å². The lowest BCUT2D eigenvalue weighted by molar-refractivity contribution is -0.193. The molecule has 2 aromatic heterocycles. The van der Waals surface area contributed by atoms with E-state index in [0.29, 0.717) is 5.92 Å². The van der Waals surface area contributed by atoms with E-state index in [1.807, 2.05) is 18.5 Å². The number of aliphatic carboxylic acids is 2. The van der Waals surface area contributed by atoms with E-state index in [0.717, 1.165) is 52.1 Å². The van der Waals surface area contributed by atoms with Gasteiger partial charge >= 0.3 is 24.3 Å². The molecule has 9 nitrogen and oxygen atoms in total. The molecule has 4 heterocycles. The number of halogens is 6. The molecule has 0 saturated carbocycles. The van der Waals surface area contributed by atoms with Crippen molar-refractivity contribution in [2.75, 3.05) is 26.3 Å². The predicted molar refractivity (Wildman–Crippen MR) is 115 cm³/mol. The van der Waals surface area contributed by atoms with Crippen molar-refractivity contribution < 1.29 is 50.9 Å². The smallest absolute Gasteiger partial charge is 0.475 e. The van der Waals surface area contributed by atoms with E-state index in [1.165, 1.54) is 22.5 Å². The number of pyridine rings is 1. The van der Waals surface area contributed by atoms with Gasteiger partial charge in [-0.25, -0.2) is 19.6 Å². The molecule has 0 amide bonds. The highest BCUT2D eigenvalue weighted by Gasteiger charge is 2.38. The Morgan fingerprint density at radius 1 is 1.03 bits per heavy atom. The average Bonchev–Trinajstić information content (AvgIpc) is 3.28. The number of ether oxygens (including phenoxy) is 1. The van der Waals surface area contributed by atoms with Crippen molar-refractivity contribution in [2.24, 2.45) is 0 Å². The fourth-order valence-electron chi connectivity index (χ4n) is 3.61. The highest BCUT2D eigenvalue weighted by atomic mass is 19.4. The fraction of sp³-hybridized carbons (Fsp3) is 0.500. The maximum atomic E-state index is 10.6. The lowest BCUT2D eigenvalue weighted by atomic mass is 9.96. The van der Waals surface area contributed by atoms with E-state index in [-0.39, 0.29) is 0 Å². The van der Waals surface area contributed by atoms with Gasteiger partial charge in [0, 0.05) is 56.7 Å². The quantitative estimate of drug-likeness (QED) is 0.567. The van der Waals surface area contributed by atoms with E-state index < -0.39 is 24.3 Å². The van der Waals surface area contributed by atoms with Crippen LogP contribution in [-0.4, -0.2) is 80.7 Å². The van der Waals surface area contributed by atoms with Gasteiger partial charge in [-0.1, -0.05) is 6.07 Å². The second-order valence-corrected chi connectivity index (χ2v) is 7.99. The third kappa shape index (κ3) is 9.92. The lowest BCUT2D eigenvalue weighted by Gasteiger charge is -2.19. The summed E-state index contributed by atoms with van der Waals surface area (Å²) in [6.07, 6.45) is -1.53. The molecule has 1 unspecified atom stereocenters. The highest BCUT2D eigenvalue weighted by molar-refractivity contribution is 5.73. The van der Waals surface area contributed by atoms with Crippen LogP contribution in [-0.2, 0) is 33.7 Å². The van der Waals surface area contributed by atoms with Crippen LogP contribution in [0.25, 0.3) is 0 Å². The Kier molecular flexibility index (Phi) is 10.7. The Bertz CT molecular complexity index is 1010. The summed E-state index contributed by atoms with van der Waals surface area (Å²) in [5.41, 5.74) is 5.11. The van der Waals surface area contributed by atoms with E-state index in [2.05, 4.69) is 25.9 Å². The average molecular weight is 538 g/mol. The first-order valence-electron chi connectivity index (χ1n) is 10.9. The summed E-state index contributed by atoms with van der Waals surface area (Å²) in [5.74, 6) is -5.06. The Morgan fingerprint density at radius 3 is 2.16 bits per heavy atom. The minimum atomic E-state index is -5.08. The van der Waals surface area contributed by atoms with Crippen molar-refractivity contribution in [1.82, 2.24) is 19.9 Å². The minimum absolute atomic E-state index is 0.455. The van der Waals surface area contributed by atoms with Gasteiger partial charge in [0.15, 0.2) is 0 Å². The summed E-state index contributed by atoms with van der Waals surface area (Å²) < 4.78 is 69.0. The van der Waals surface area contributed by atoms with Crippen LogP contribution >= 0.6 is 0 Å². The van der Waals surface area contributed by atoms with Crippen LogP contribution in [0.2, 0.25) is 0 Å². The van der Waals surface area contributed by atoms with Gasteiger partial charge < -0.3 is 14.9 Å². The van der Waals surface area contributed by atoms with Gasteiger partial charge in [0.2, 0.25) is 0 Å². The van der Waals surface area contributed by atoms with Gasteiger partial charge in [0.25, 0.3) is 0 Å². The van der Waals surface area contributed by atoms with Crippen LogP contribution in [0.3, 0.4) is 0 Å². The van der Waals surface area contributed by atoms with Gasteiger partial charge in [-0.2, -0.15) is 26.3 Å². The number of carboxylic acids is 2. The third-order valence-electron chi connectivity index (χ3n) is 5.34. The minimum Gasteiger partial charge on any atom is -0.475 e. The molecule has 0 aliphatic carbocycles. The molecule has 2 aliphatic rings. The van der Waals surface area contributed by atoms with Crippen LogP contribution < -0.4 is 0 Å². The van der Waals surface area contributed by atoms with Crippen LogP contribution in [0.1, 0.15) is 34.9 Å². The zero-order valence-electron chi connectivity index (χ0n) is 19.3. The molecule has 0 aromatic carbocycles. The zero-order chi connectivity index (χ0) is 27.6. The number of aromatic nitrogens is 3. The van der Waals surface area contributed by atoms with Crippen molar-refractivity contribution in [3.63, 3.8) is 0 Å². The zero-order valence-corrected chi connectivity index (χ0v) is 19.3. The number of fused-ring (bicyclic) bond motifs is 1. The topological polar surface area (TPSA) is 126 Å². The maximum Gasteiger partial charge on any atom is 0.490 e. The summed E-state index contributed by atoms with van der Waals surface area (Å²) in [5, 5.41) is 14.2. The highest BCUT2D eigenvalue weighted by Crippen LogP contribution is 2.29. The van der Waals surface area contributed by atoms with E-state index in [1.54, 1.807) is 6.33 Å². The summed E-state index contributed by atoms with van der Waals surface area (Å²) in [6.45, 7) is 4.71. The molecule has 1 atom stereocenters. The third-order valence-corrected chi connectivity index (χ3v) is 5.34. The molecule has 0 bridgehead atoms. The second kappa shape index (κ2) is 13.3.